The molecule has 0 aliphatic rings. The molecule has 0 bridgehead atoms. The zero-order valence-electron chi connectivity index (χ0n) is 13.9. The van der Waals surface area contributed by atoms with Gasteiger partial charge in [0, 0.05) is 17.9 Å². The molecule has 2 N–H and O–H groups in total. The van der Waals surface area contributed by atoms with Gasteiger partial charge in [-0.3, -0.25) is 5.32 Å². The van der Waals surface area contributed by atoms with Gasteiger partial charge in [-0.15, -0.1) is 0 Å². The van der Waals surface area contributed by atoms with Gasteiger partial charge in [0.2, 0.25) is 0 Å². The van der Waals surface area contributed by atoms with Crippen LogP contribution in [0, 0.1) is 6.92 Å². The summed E-state index contributed by atoms with van der Waals surface area (Å²) in [4.78, 5) is 11.4. The van der Waals surface area contributed by atoms with Crippen molar-refractivity contribution in [3.05, 3.63) is 59.2 Å². The Balaban J connectivity index is 1.97. The molecule has 0 saturated heterocycles. The number of amides is 1. The van der Waals surface area contributed by atoms with Gasteiger partial charge in [-0.25, -0.2) is 4.79 Å². The lowest BCUT2D eigenvalue weighted by Crippen LogP contribution is -2.14. The SMILES string of the molecule is CCOC(=O)Nc1ccc(NCc2ccc(C(F)(F)F)cc2)cc1C. The average Bonchev–Trinajstić information content (AvgIpc) is 2.55. The second kappa shape index (κ2) is 7.92. The number of carbonyl (C=O) groups excluding carboxylic acids is 1. The van der Waals surface area contributed by atoms with E-state index in [1.165, 1.54) is 12.1 Å². The zero-order valence-corrected chi connectivity index (χ0v) is 13.9. The van der Waals surface area contributed by atoms with E-state index in [4.69, 9.17) is 4.74 Å². The second-order valence-electron chi connectivity index (χ2n) is 5.42. The van der Waals surface area contributed by atoms with Crippen molar-refractivity contribution >= 4 is 17.5 Å². The third kappa shape index (κ3) is 5.41. The van der Waals surface area contributed by atoms with E-state index in [1.54, 1.807) is 19.1 Å². The van der Waals surface area contributed by atoms with Crippen molar-refractivity contribution in [1.82, 2.24) is 0 Å². The number of hydrogen-bond acceptors (Lipinski definition) is 3. The highest BCUT2D eigenvalue weighted by molar-refractivity contribution is 5.86. The first kappa shape index (κ1) is 18.6. The molecule has 0 aromatic heterocycles. The molecule has 0 radical (unpaired) electrons. The third-order valence-corrected chi connectivity index (χ3v) is 3.52. The summed E-state index contributed by atoms with van der Waals surface area (Å²) in [6.07, 6.45) is -4.85. The monoisotopic (exact) mass is 352 g/mol. The first-order valence-corrected chi connectivity index (χ1v) is 7.74. The summed E-state index contributed by atoms with van der Waals surface area (Å²) in [5.74, 6) is 0. The molecule has 4 nitrogen and oxygen atoms in total. The fraction of sp³-hybridized carbons (Fsp3) is 0.278. The van der Waals surface area contributed by atoms with Gasteiger partial charge in [0.1, 0.15) is 0 Å². The standard InChI is InChI=1S/C18H19F3N2O2/c1-3-25-17(24)23-16-9-8-15(10-12(16)2)22-11-13-4-6-14(7-5-13)18(19,20)21/h4-10,22H,3,11H2,1-2H3,(H,23,24). The van der Waals surface area contributed by atoms with Crippen LogP contribution in [0.4, 0.5) is 29.3 Å². The molecule has 0 fully saturated rings. The molecule has 134 valence electrons. The van der Waals surface area contributed by atoms with Gasteiger partial charge in [0.15, 0.2) is 0 Å². The number of halogens is 3. The van der Waals surface area contributed by atoms with E-state index in [9.17, 15) is 18.0 Å². The second-order valence-corrected chi connectivity index (χ2v) is 5.42. The van der Waals surface area contributed by atoms with E-state index < -0.39 is 17.8 Å². The smallest absolute Gasteiger partial charge is 0.416 e. The molecule has 2 rings (SSSR count). The Bertz CT molecular complexity index is 728. The van der Waals surface area contributed by atoms with Gasteiger partial charge in [-0.05, 0) is 55.3 Å². The van der Waals surface area contributed by atoms with Crippen molar-refractivity contribution in [1.29, 1.82) is 0 Å². The van der Waals surface area contributed by atoms with E-state index in [-0.39, 0.29) is 6.61 Å². The highest BCUT2D eigenvalue weighted by Crippen LogP contribution is 2.29. The lowest BCUT2D eigenvalue weighted by Gasteiger charge is -2.12. The van der Waals surface area contributed by atoms with Crippen LogP contribution in [0.2, 0.25) is 0 Å². The van der Waals surface area contributed by atoms with Crippen LogP contribution < -0.4 is 10.6 Å². The van der Waals surface area contributed by atoms with Crippen LogP contribution in [-0.2, 0) is 17.5 Å². The van der Waals surface area contributed by atoms with E-state index in [1.807, 2.05) is 13.0 Å². The topological polar surface area (TPSA) is 50.4 Å². The molecule has 0 aliphatic heterocycles. The molecular formula is C18H19F3N2O2. The minimum Gasteiger partial charge on any atom is -0.450 e. The lowest BCUT2D eigenvalue weighted by atomic mass is 10.1. The number of alkyl halides is 3. The predicted molar refractivity (Wildman–Crippen MR) is 90.6 cm³/mol. The molecule has 7 heteroatoms. The average molecular weight is 352 g/mol. The van der Waals surface area contributed by atoms with Crippen molar-refractivity contribution in [3.8, 4) is 0 Å². The minimum absolute atomic E-state index is 0.289. The molecule has 2 aromatic rings. The quantitative estimate of drug-likeness (QED) is 0.778. The van der Waals surface area contributed by atoms with Crippen molar-refractivity contribution in [2.45, 2.75) is 26.6 Å². The highest BCUT2D eigenvalue weighted by Gasteiger charge is 2.29. The Labute approximate surface area is 144 Å². The van der Waals surface area contributed by atoms with Gasteiger partial charge in [-0.2, -0.15) is 13.2 Å². The molecule has 0 heterocycles. The molecule has 0 saturated carbocycles. The normalized spacial score (nSPS) is 11.1. The molecular weight excluding hydrogens is 333 g/mol. The van der Waals surface area contributed by atoms with Crippen LogP contribution in [0.25, 0.3) is 0 Å². The Kier molecular flexibility index (Phi) is 5.90. The Hall–Kier alpha value is -2.70. The van der Waals surface area contributed by atoms with Crippen LogP contribution in [0.15, 0.2) is 42.5 Å². The molecule has 25 heavy (non-hydrogen) atoms. The summed E-state index contributed by atoms with van der Waals surface area (Å²) in [6.45, 7) is 4.24. The summed E-state index contributed by atoms with van der Waals surface area (Å²) in [6, 6.07) is 10.4. The Morgan fingerprint density at radius 3 is 2.36 bits per heavy atom. The van der Waals surface area contributed by atoms with Gasteiger partial charge >= 0.3 is 12.3 Å². The zero-order chi connectivity index (χ0) is 18.4. The molecule has 0 unspecified atom stereocenters. The first-order valence-electron chi connectivity index (χ1n) is 7.74. The minimum atomic E-state index is -4.33. The number of nitrogens with one attached hydrogen (secondary N) is 2. The highest BCUT2D eigenvalue weighted by atomic mass is 19.4. The number of anilines is 2. The third-order valence-electron chi connectivity index (χ3n) is 3.52. The predicted octanol–water partition coefficient (Wildman–Crippen LogP) is 5.19. The van der Waals surface area contributed by atoms with E-state index in [2.05, 4.69) is 10.6 Å². The molecule has 0 atom stereocenters. The summed E-state index contributed by atoms with van der Waals surface area (Å²) in [7, 11) is 0. The van der Waals surface area contributed by atoms with Gasteiger partial charge in [-0.1, -0.05) is 12.1 Å². The maximum absolute atomic E-state index is 12.5. The number of carbonyl (C=O) groups is 1. The van der Waals surface area contributed by atoms with Gasteiger partial charge in [0.05, 0.1) is 12.2 Å². The summed E-state index contributed by atoms with van der Waals surface area (Å²) in [5.41, 5.74) is 2.34. The Morgan fingerprint density at radius 2 is 1.80 bits per heavy atom. The number of aryl methyl sites for hydroxylation is 1. The molecule has 0 aliphatic carbocycles. The lowest BCUT2D eigenvalue weighted by molar-refractivity contribution is -0.137. The van der Waals surface area contributed by atoms with E-state index in [0.29, 0.717) is 12.2 Å². The number of benzene rings is 2. The van der Waals surface area contributed by atoms with E-state index in [0.717, 1.165) is 28.9 Å². The van der Waals surface area contributed by atoms with E-state index >= 15 is 0 Å². The van der Waals surface area contributed by atoms with Crippen LogP contribution in [0.5, 0.6) is 0 Å². The first-order chi connectivity index (χ1) is 11.8. The summed E-state index contributed by atoms with van der Waals surface area (Å²) >= 11 is 0. The van der Waals surface area contributed by atoms with Crippen molar-refractivity contribution in [2.24, 2.45) is 0 Å². The van der Waals surface area contributed by atoms with Gasteiger partial charge in [0.25, 0.3) is 0 Å². The van der Waals surface area contributed by atoms with Gasteiger partial charge < -0.3 is 10.1 Å². The van der Waals surface area contributed by atoms with Crippen molar-refractivity contribution in [3.63, 3.8) is 0 Å². The largest absolute Gasteiger partial charge is 0.450 e. The molecule has 1 amide bonds. The Morgan fingerprint density at radius 1 is 1.12 bits per heavy atom. The number of hydrogen-bond donors (Lipinski definition) is 2. The molecule has 0 spiro atoms. The van der Waals surface area contributed by atoms with Crippen LogP contribution in [0.1, 0.15) is 23.6 Å². The number of rotatable bonds is 5. The molecule has 2 aromatic carbocycles. The van der Waals surface area contributed by atoms with Crippen LogP contribution in [-0.4, -0.2) is 12.7 Å². The maximum Gasteiger partial charge on any atom is 0.416 e. The maximum atomic E-state index is 12.5. The summed E-state index contributed by atoms with van der Waals surface area (Å²) in [5, 5.41) is 5.78. The fourth-order valence-electron chi connectivity index (χ4n) is 2.21. The van der Waals surface area contributed by atoms with Crippen LogP contribution in [0.3, 0.4) is 0 Å². The van der Waals surface area contributed by atoms with Crippen LogP contribution >= 0.6 is 0 Å². The number of ether oxygens (including phenoxy) is 1. The fourth-order valence-corrected chi connectivity index (χ4v) is 2.21. The van der Waals surface area contributed by atoms with Crippen molar-refractivity contribution in [2.75, 3.05) is 17.2 Å². The van der Waals surface area contributed by atoms with Crippen molar-refractivity contribution < 1.29 is 22.7 Å². The summed E-state index contributed by atoms with van der Waals surface area (Å²) < 4.78 is 42.4.